The molecule has 5 nitrogen and oxygen atoms in total. The fourth-order valence-corrected chi connectivity index (χ4v) is 2.71. The van der Waals surface area contributed by atoms with Gasteiger partial charge in [-0.05, 0) is 35.2 Å². The van der Waals surface area contributed by atoms with Crippen molar-refractivity contribution >= 4 is 23.5 Å². The second-order valence-corrected chi connectivity index (χ2v) is 6.67. The van der Waals surface area contributed by atoms with Gasteiger partial charge in [0.1, 0.15) is 5.75 Å². The number of carboxylic acids is 1. The maximum Gasteiger partial charge on any atom is 0.258 e. The van der Waals surface area contributed by atoms with Crippen molar-refractivity contribution in [3.63, 3.8) is 0 Å². The first-order valence-corrected chi connectivity index (χ1v) is 8.71. The van der Waals surface area contributed by atoms with Crippen LogP contribution in [0.4, 0.5) is 0 Å². The second-order valence-electron chi connectivity index (χ2n) is 6.23. The molecule has 1 N–H and O–H groups in total. The normalized spacial score (nSPS) is 11.8. The van der Waals surface area contributed by atoms with Gasteiger partial charge in [-0.15, -0.1) is 0 Å². The highest BCUT2D eigenvalue weighted by Gasteiger charge is 2.16. The minimum atomic E-state index is -1.25. The summed E-state index contributed by atoms with van der Waals surface area (Å²) < 4.78 is 5.62. The monoisotopic (exact) mass is 374 g/mol. The molecule has 0 bridgehead atoms. The first-order chi connectivity index (χ1) is 12.4. The molecule has 0 fully saturated rings. The van der Waals surface area contributed by atoms with Gasteiger partial charge in [0, 0.05) is 17.4 Å². The van der Waals surface area contributed by atoms with E-state index in [0.29, 0.717) is 16.3 Å². The van der Waals surface area contributed by atoms with Crippen molar-refractivity contribution in [3.05, 3.63) is 64.7 Å². The van der Waals surface area contributed by atoms with Crippen molar-refractivity contribution < 1.29 is 19.4 Å². The summed E-state index contributed by atoms with van der Waals surface area (Å²) in [5, 5.41) is 14.2. The molecule has 0 aliphatic heterocycles. The molecule has 0 heterocycles. The Kier molecular flexibility index (Phi) is 7.04. The van der Waals surface area contributed by atoms with Gasteiger partial charge in [-0.3, -0.25) is 4.79 Å². The number of carbonyl (C=O) groups is 2. The number of ether oxygens (including phenoxy) is 1. The summed E-state index contributed by atoms with van der Waals surface area (Å²) in [5.41, 5.74) is 1.64. The maximum absolute atomic E-state index is 12.3. The van der Waals surface area contributed by atoms with Gasteiger partial charge in [-0.2, -0.15) is 0 Å². The Balaban J connectivity index is 2.03. The van der Waals surface area contributed by atoms with Gasteiger partial charge in [-0.1, -0.05) is 55.8 Å². The summed E-state index contributed by atoms with van der Waals surface area (Å²) in [6, 6.07) is 13.4. The van der Waals surface area contributed by atoms with E-state index in [0.717, 1.165) is 5.56 Å². The zero-order valence-corrected chi connectivity index (χ0v) is 15.5. The van der Waals surface area contributed by atoms with Gasteiger partial charge >= 0.3 is 0 Å². The molecular formula is C20H21ClNO4-. The molecular weight excluding hydrogens is 354 g/mol. The van der Waals surface area contributed by atoms with Crippen LogP contribution in [0.3, 0.4) is 0 Å². The molecule has 0 aliphatic rings. The molecule has 0 radical (unpaired) electrons. The number of halogens is 1. The lowest BCUT2D eigenvalue weighted by Crippen LogP contribution is -2.36. The average Bonchev–Trinajstić information content (AvgIpc) is 2.60. The largest absolute Gasteiger partial charge is 0.550 e. The van der Waals surface area contributed by atoms with Crippen LogP contribution < -0.4 is 15.2 Å². The van der Waals surface area contributed by atoms with E-state index in [1.54, 1.807) is 30.3 Å². The van der Waals surface area contributed by atoms with Crippen molar-refractivity contribution in [1.29, 1.82) is 0 Å². The zero-order valence-electron chi connectivity index (χ0n) is 14.7. The molecule has 0 aliphatic carbocycles. The minimum absolute atomic E-state index is 0.207. The first-order valence-electron chi connectivity index (χ1n) is 8.33. The minimum Gasteiger partial charge on any atom is -0.550 e. The summed E-state index contributed by atoms with van der Waals surface area (Å²) >= 11 is 5.85. The van der Waals surface area contributed by atoms with Crippen LogP contribution >= 0.6 is 11.6 Å². The van der Waals surface area contributed by atoms with E-state index in [4.69, 9.17) is 16.3 Å². The number of benzene rings is 2. The Hall–Kier alpha value is -2.53. The molecule has 1 unspecified atom stereocenters. The smallest absolute Gasteiger partial charge is 0.258 e. The first kappa shape index (κ1) is 19.8. The quantitative estimate of drug-likeness (QED) is 0.770. The highest BCUT2D eigenvalue weighted by molar-refractivity contribution is 6.30. The molecule has 2 aromatic rings. The van der Waals surface area contributed by atoms with E-state index in [-0.39, 0.29) is 18.9 Å². The highest BCUT2D eigenvalue weighted by Crippen LogP contribution is 2.26. The lowest BCUT2D eigenvalue weighted by atomic mass is 10.0. The van der Waals surface area contributed by atoms with Gasteiger partial charge in [0.15, 0.2) is 6.61 Å². The van der Waals surface area contributed by atoms with Gasteiger partial charge in [0.05, 0.1) is 6.04 Å². The molecule has 0 spiro atoms. The molecule has 0 saturated carbocycles. The highest BCUT2D eigenvalue weighted by atomic mass is 35.5. The number of amides is 1. The van der Waals surface area contributed by atoms with Crippen LogP contribution in [-0.4, -0.2) is 18.5 Å². The van der Waals surface area contributed by atoms with Crippen LogP contribution in [0.5, 0.6) is 5.75 Å². The molecule has 1 amide bonds. The standard InChI is InChI=1S/C20H22ClNO4/c1-13(2)16-5-3-4-6-18(16)26-12-19(23)22-17(11-20(24)25)14-7-9-15(21)10-8-14/h3-10,13,17H,11-12H2,1-2H3,(H,22,23)(H,24,25)/p-1. The molecule has 2 aromatic carbocycles. The molecule has 6 heteroatoms. The van der Waals surface area contributed by atoms with Crippen LogP contribution in [0.2, 0.25) is 5.02 Å². The predicted octanol–water partition coefficient (Wildman–Crippen LogP) is 2.84. The number of para-hydroxylation sites is 1. The number of hydrogen-bond acceptors (Lipinski definition) is 4. The molecule has 138 valence electrons. The average molecular weight is 375 g/mol. The number of carboxylic acid groups (broad SMARTS) is 1. The number of rotatable bonds is 8. The second kappa shape index (κ2) is 9.25. The van der Waals surface area contributed by atoms with Crippen molar-refractivity contribution in [1.82, 2.24) is 5.32 Å². The zero-order chi connectivity index (χ0) is 19.1. The fraction of sp³-hybridized carbons (Fsp3) is 0.300. The van der Waals surface area contributed by atoms with E-state index in [2.05, 4.69) is 5.32 Å². The summed E-state index contributed by atoms with van der Waals surface area (Å²) in [6.07, 6.45) is -0.337. The van der Waals surface area contributed by atoms with E-state index in [1.165, 1.54) is 0 Å². The number of nitrogens with one attached hydrogen (secondary N) is 1. The van der Waals surface area contributed by atoms with Crippen molar-refractivity contribution in [2.24, 2.45) is 0 Å². The van der Waals surface area contributed by atoms with Crippen LogP contribution in [0.1, 0.15) is 43.4 Å². The Labute approximate surface area is 157 Å². The van der Waals surface area contributed by atoms with Gasteiger partial charge in [0.2, 0.25) is 0 Å². The SMILES string of the molecule is CC(C)c1ccccc1OCC(=O)NC(CC(=O)[O-])c1ccc(Cl)cc1. The third-order valence-electron chi connectivity index (χ3n) is 3.88. The number of hydrogen-bond donors (Lipinski definition) is 1. The molecule has 26 heavy (non-hydrogen) atoms. The summed E-state index contributed by atoms with van der Waals surface area (Å²) in [6.45, 7) is 3.87. The summed E-state index contributed by atoms with van der Waals surface area (Å²) in [5.74, 6) is -0.768. The van der Waals surface area contributed by atoms with Crippen LogP contribution in [0.15, 0.2) is 48.5 Å². The lowest BCUT2D eigenvalue weighted by Gasteiger charge is -2.20. The Morgan fingerprint density at radius 1 is 1.12 bits per heavy atom. The molecule has 1 atom stereocenters. The van der Waals surface area contributed by atoms with Crippen LogP contribution in [0, 0.1) is 0 Å². The van der Waals surface area contributed by atoms with Crippen molar-refractivity contribution in [2.45, 2.75) is 32.2 Å². The van der Waals surface area contributed by atoms with Crippen LogP contribution in [-0.2, 0) is 9.59 Å². The van der Waals surface area contributed by atoms with E-state index >= 15 is 0 Å². The van der Waals surface area contributed by atoms with Crippen molar-refractivity contribution in [2.75, 3.05) is 6.61 Å². The predicted molar refractivity (Wildman–Crippen MR) is 98.0 cm³/mol. The van der Waals surface area contributed by atoms with Crippen LogP contribution in [0.25, 0.3) is 0 Å². The third-order valence-corrected chi connectivity index (χ3v) is 4.13. The molecule has 2 rings (SSSR count). The van der Waals surface area contributed by atoms with E-state index in [9.17, 15) is 14.7 Å². The van der Waals surface area contributed by atoms with Gasteiger partial charge in [-0.25, -0.2) is 0 Å². The summed E-state index contributed by atoms with van der Waals surface area (Å²) in [7, 11) is 0. The Morgan fingerprint density at radius 3 is 2.38 bits per heavy atom. The maximum atomic E-state index is 12.3. The Morgan fingerprint density at radius 2 is 1.77 bits per heavy atom. The van der Waals surface area contributed by atoms with Crippen molar-refractivity contribution in [3.8, 4) is 5.75 Å². The van der Waals surface area contributed by atoms with Gasteiger partial charge in [0.25, 0.3) is 5.91 Å². The molecule has 0 aromatic heterocycles. The summed E-state index contributed by atoms with van der Waals surface area (Å²) in [4.78, 5) is 23.3. The van der Waals surface area contributed by atoms with E-state index in [1.807, 2.05) is 32.0 Å². The third kappa shape index (κ3) is 5.77. The number of carbonyl (C=O) groups excluding carboxylic acids is 2. The Bertz CT molecular complexity index is 759. The van der Waals surface area contributed by atoms with E-state index < -0.39 is 17.9 Å². The molecule has 0 saturated heterocycles. The van der Waals surface area contributed by atoms with Gasteiger partial charge < -0.3 is 20.0 Å². The topological polar surface area (TPSA) is 78.5 Å². The fourth-order valence-electron chi connectivity index (χ4n) is 2.58. The lowest BCUT2D eigenvalue weighted by molar-refractivity contribution is -0.306. The number of aliphatic carboxylic acids is 1.